The highest BCUT2D eigenvalue weighted by Crippen LogP contribution is 2.22. The fourth-order valence-corrected chi connectivity index (χ4v) is 1.63. The van der Waals surface area contributed by atoms with Crippen LogP contribution in [0.1, 0.15) is 5.56 Å². The second kappa shape index (κ2) is 2.61. The third-order valence-corrected chi connectivity index (χ3v) is 2.36. The first kappa shape index (κ1) is 7.83. The third kappa shape index (κ3) is 1.06. The van der Waals surface area contributed by atoms with Gasteiger partial charge in [-0.05, 0) is 30.8 Å². The Hall–Kier alpha value is -0.800. The van der Waals surface area contributed by atoms with Gasteiger partial charge < -0.3 is 9.97 Å². The molecule has 2 nitrogen and oxygen atoms in total. The lowest BCUT2D eigenvalue weighted by Crippen LogP contribution is -1.76. The molecule has 2 aromatic rings. The molecule has 0 saturated heterocycles. The minimum atomic E-state index is 0.612. The number of aromatic amines is 2. The Morgan fingerprint density at radius 2 is 1.92 bits per heavy atom. The van der Waals surface area contributed by atoms with Gasteiger partial charge in [0.2, 0.25) is 0 Å². The molecule has 0 spiro atoms. The minimum Gasteiger partial charge on any atom is -0.330 e. The van der Waals surface area contributed by atoms with Crippen LogP contribution in [0.4, 0.5) is 0 Å². The van der Waals surface area contributed by atoms with Crippen molar-refractivity contribution in [2.45, 2.75) is 6.92 Å². The van der Waals surface area contributed by atoms with E-state index in [1.807, 2.05) is 19.1 Å². The lowest BCUT2D eigenvalue weighted by atomic mass is 10.2. The van der Waals surface area contributed by atoms with Crippen molar-refractivity contribution in [3.8, 4) is 0 Å². The number of aromatic nitrogens is 2. The Balaban J connectivity index is 3.03. The van der Waals surface area contributed by atoms with Crippen molar-refractivity contribution in [2.75, 3.05) is 0 Å². The van der Waals surface area contributed by atoms with Crippen molar-refractivity contribution < 1.29 is 0 Å². The molecule has 1 heterocycles. The lowest BCUT2D eigenvalue weighted by Gasteiger charge is -1.95. The predicted octanol–water partition coefficient (Wildman–Crippen LogP) is 3.19. The summed E-state index contributed by atoms with van der Waals surface area (Å²) >= 11 is 10.9. The van der Waals surface area contributed by atoms with Crippen LogP contribution in [-0.4, -0.2) is 9.97 Å². The monoisotopic (exact) mass is 198 g/mol. The molecule has 0 aliphatic carbocycles. The number of benzene rings is 1. The molecular weight excluding hydrogens is 192 g/mol. The Bertz CT molecular complexity index is 441. The van der Waals surface area contributed by atoms with E-state index < -0.39 is 0 Å². The van der Waals surface area contributed by atoms with Crippen LogP contribution < -0.4 is 0 Å². The van der Waals surface area contributed by atoms with Gasteiger partial charge in [-0.15, -0.1) is 0 Å². The fraction of sp³-hybridized carbons (Fsp3) is 0.125. The summed E-state index contributed by atoms with van der Waals surface area (Å²) in [7, 11) is 0. The van der Waals surface area contributed by atoms with Gasteiger partial charge in [0.15, 0.2) is 4.77 Å². The van der Waals surface area contributed by atoms with Crippen molar-refractivity contribution >= 4 is 34.9 Å². The molecule has 0 atom stereocenters. The molecule has 0 amide bonds. The van der Waals surface area contributed by atoms with E-state index in [1.54, 1.807) is 0 Å². The van der Waals surface area contributed by atoms with Crippen molar-refractivity contribution in [3.05, 3.63) is 27.5 Å². The number of nitrogens with one attached hydrogen (secondary N) is 2. The maximum Gasteiger partial charge on any atom is 0.175 e. The van der Waals surface area contributed by atoms with Gasteiger partial charge in [0.25, 0.3) is 0 Å². The molecular formula is C8H7ClN2S. The summed E-state index contributed by atoms with van der Waals surface area (Å²) in [5.74, 6) is 0. The van der Waals surface area contributed by atoms with Gasteiger partial charge >= 0.3 is 0 Å². The molecule has 0 saturated carbocycles. The van der Waals surface area contributed by atoms with Crippen LogP contribution >= 0.6 is 23.8 Å². The van der Waals surface area contributed by atoms with Crippen molar-refractivity contribution in [2.24, 2.45) is 0 Å². The summed E-state index contributed by atoms with van der Waals surface area (Å²) in [5.41, 5.74) is 3.02. The van der Waals surface area contributed by atoms with Crippen molar-refractivity contribution in [1.82, 2.24) is 9.97 Å². The van der Waals surface area contributed by atoms with Crippen LogP contribution in [0.15, 0.2) is 12.1 Å². The van der Waals surface area contributed by atoms with E-state index in [0.29, 0.717) is 9.79 Å². The number of halogens is 1. The van der Waals surface area contributed by atoms with Crippen molar-refractivity contribution in [3.63, 3.8) is 0 Å². The summed E-state index contributed by atoms with van der Waals surface area (Å²) in [6.07, 6.45) is 0. The Morgan fingerprint density at radius 1 is 1.25 bits per heavy atom. The zero-order chi connectivity index (χ0) is 8.72. The first-order chi connectivity index (χ1) is 5.68. The standard InChI is InChI=1S/C8H7ClN2S/c1-4-2-3-5(9)7-6(4)10-8(12)11-7/h2-3H,1H3,(H2,10,11,12). The number of imidazole rings is 1. The second-order valence-electron chi connectivity index (χ2n) is 2.69. The van der Waals surface area contributed by atoms with Crippen LogP contribution in [0.2, 0.25) is 5.02 Å². The van der Waals surface area contributed by atoms with Crippen LogP contribution in [0.3, 0.4) is 0 Å². The predicted molar refractivity (Wildman–Crippen MR) is 53.2 cm³/mol. The molecule has 12 heavy (non-hydrogen) atoms. The molecule has 0 radical (unpaired) electrons. The molecule has 0 fully saturated rings. The largest absolute Gasteiger partial charge is 0.330 e. The van der Waals surface area contributed by atoms with E-state index in [9.17, 15) is 0 Å². The van der Waals surface area contributed by atoms with E-state index in [1.165, 1.54) is 0 Å². The Morgan fingerprint density at radius 3 is 2.58 bits per heavy atom. The lowest BCUT2D eigenvalue weighted by molar-refractivity contribution is 1.29. The first-order valence-corrected chi connectivity index (χ1v) is 4.34. The molecule has 0 aliphatic heterocycles. The highest BCUT2D eigenvalue weighted by molar-refractivity contribution is 7.71. The average Bonchev–Trinajstić information content (AvgIpc) is 2.41. The van der Waals surface area contributed by atoms with E-state index in [-0.39, 0.29) is 0 Å². The Kier molecular flexibility index (Phi) is 1.70. The van der Waals surface area contributed by atoms with Gasteiger partial charge in [-0.3, -0.25) is 0 Å². The Labute approximate surface area is 79.6 Å². The molecule has 0 aliphatic rings. The maximum absolute atomic E-state index is 5.94. The maximum atomic E-state index is 5.94. The highest BCUT2D eigenvalue weighted by Gasteiger charge is 2.02. The molecule has 1 aromatic heterocycles. The second-order valence-corrected chi connectivity index (χ2v) is 3.51. The van der Waals surface area contributed by atoms with Gasteiger partial charge in [0.1, 0.15) is 0 Å². The van der Waals surface area contributed by atoms with Crippen LogP contribution in [0, 0.1) is 11.7 Å². The summed E-state index contributed by atoms with van der Waals surface area (Å²) in [4.78, 5) is 6.04. The van der Waals surface area contributed by atoms with E-state index in [2.05, 4.69) is 9.97 Å². The first-order valence-electron chi connectivity index (χ1n) is 3.55. The third-order valence-electron chi connectivity index (χ3n) is 1.84. The topological polar surface area (TPSA) is 31.6 Å². The number of aryl methyl sites for hydroxylation is 1. The van der Waals surface area contributed by atoms with Gasteiger partial charge in [0.05, 0.1) is 16.1 Å². The zero-order valence-electron chi connectivity index (χ0n) is 6.44. The number of hydrogen-bond acceptors (Lipinski definition) is 1. The number of H-pyrrole nitrogens is 2. The zero-order valence-corrected chi connectivity index (χ0v) is 8.01. The minimum absolute atomic E-state index is 0.612. The van der Waals surface area contributed by atoms with Gasteiger partial charge in [-0.1, -0.05) is 17.7 Å². The molecule has 62 valence electrons. The van der Waals surface area contributed by atoms with Crippen LogP contribution in [-0.2, 0) is 0 Å². The summed E-state index contributed by atoms with van der Waals surface area (Å²) < 4.78 is 0.612. The SMILES string of the molecule is Cc1ccc(Cl)c2[nH]c(=S)[nH]c12. The molecule has 0 unspecified atom stereocenters. The number of hydrogen-bond donors (Lipinski definition) is 2. The van der Waals surface area contributed by atoms with Crippen molar-refractivity contribution in [1.29, 1.82) is 0 Å². The molecule has 1 aromatic carbocycles. The number of rotatable bonds is 0. The summed E-state index contributed by atoms with van der Waals surface area (Å²) in [5, 5.41) is 0.697. The number of fused-ring (bicyclic) bond motifs is 1. The molecule has 2 rings (SSSR count). The van der Waals surface area contributed by atoms with E-state index in [0.717, 1.165) is 16.6 Å². The average molecular weight is 199 g/mol. The molecule has 4 heteroatoms. The fourth-order valence-electron chi connectivity index (χ4n) is 1.22. The molecule has 2 N–H and O–H groups in total. The van der Waals surface area contributed by atoms with E-state index in [4.69, 9.17) is 23.8 Å². The quantitative estimate of drug-likeness (QED) is 0.626. The summed E-state index contributed by atoms with van der Waals surface area (Å²) in [6.45, 7) is 2.01. The van der Waals surface area contributed by atoms with Gasteiger partial charge in [-0.2, -0.15) is 0 Å². The normalized spacial score (nSPS) is 10.8. The molecule has 0 bridgehead atoms. The van der Waals surface area contributed by atoms with Crippen LogP contribution in [0.5, 0.6) is 0 Å². The van der Waals surface area contributed by atoms with Gasteiger partial charge in [-0.25, -0.2) is 0 Å². The highest BCUT2D eigenvalue weighted by atomic mass is 35.5. The van der Waals surface area contributed by atoms with Gasteiger partial charge in [0, 0.05) is 0 Å². The van der Waals surface area contributed by atoms with E-state index >= 15 is 0 Å². The smallest absolute Gasteiger partial charge is 0.175 e. The van der Waals surface area contributed by atoms with Crippen LogP contribution in [0.25, 0.3) is 11.0 Å². The summed E-state index contributed by atoms with van der Waals surface area (Å²) in [6, 6.07) is 3.82.